The molecule has 0 atom stereocenters. The largest absolute Gasteiger partial charge is 0.435 e. The fourth-order valence-corrected chi connectivity index (χ4v) is 2.84. The number of ether oxygens (including phenoxy) is 1. The van der Waals surface area contributed by atoms with E-state index in [0.717, 1.165) is 36.9 Å². The van der Waals surface area contributed by atoms with Crippen molar-refractivity contribution in [2.45, 2.75) is 32.3 Å². The number of aromatic amines is 1. The van der Waals surface area contributed by atoms with E-state index in [1.165, 1.54) is 38.1 Å². The average molecular weight is 380 g/mol. The molecule has 0 aliphatic carbocycles. The van der Waals surface area contributed by atoms with E-state index in [1.807, 2.05) is 0 Å². The molecule has 1 aliphatic rings. The van der Waals surface area contributed by atoms with Gasteiger partial charge in [-0.3, -0.25) is 5.10 Å². The van der Waals surface area contributed by atoms with Crippen LogP contribution in [0.2, 0.25) is 0 Å². The molecule has 2 heterocycles. The minimum Gasteiger partial charge on any atom is -0.435 e. The molecule has 8 heteroatoms. The maximum absolute atomic E-state index is 12.1. The first kappa shape index (κ1) is 20.8. The van der Waals surface area contributed by atoms with Gasteiger partial charge >= 0.3 is 6.61 Å². The first-order valence-electron chi connectivity index (χ1n) is 9.06. The van der Waals surface area contributed by atoms with Crippen LogP contribution in [0.25, 0.3) is 11.3 Å². The van der Waals surface area contributed by atoms with E-state index >= 15 is 0 Å². The molecule has 0 bridgehead atoms. The van der Waals surface area contributed by atoms with Crippen molar-refractivity contribution < 1.29 is 18.3 Å². The van der Waals surface area contributed by atoms with Crippen LogP contribution in [0.4, 0.5) is 14.6 Å². The number of likely N-dealkylation sites (tertiary alicyclic amines) is 1. The first-order chi connectivity index (χ1) is 13.1. The highest BCUT2D eigenvalue weighted by Gasteiger charge is 2.09. The van der Waals surface area contributed by atoms with Crippen molar-refractivity contribution >= 4 is 12.1 Å². The Morgan fingerprint density at radius 2 is 2.11 bits per heavy atom. The van der Waals surface area contributed by atoms with Crippen LogP contribution in [-0.4, -0.2) is 54.7 Å². The van der Waals surface area contributed by atoms with Crippen LogP contribution in [0.15, 0.2) is 30.3 Å². The molecular weight excluding hydrogens is 354 g/mol. The Morgan fingerprint density at radius 3 is 2.74 bits per heavy atom. The Morgan fingerprint density at radius 1 is 1.33 bits per heavy atom. The fraction of sp³-hybridized carbons (Fsp3) is 0.474. The summed E-state index contributed by atoms with van der Waals surface area (Å²) in [4.78, 5) is 12.4. The molecular formula is C19H26F2N4O2. The highest BCUT2D eigenvalue weighted by atomic mass is 19.3. The number of unbranched alkanes of at least 4 members (excludes halogenated alkanes) is 1. The van der Waals surface area contributed by atoms with Crippen LogP contribution in [-0.2, 0) is 4.79 Å². The van der Waals surface area contributed by atoms with Crippen LogP contribution in [0.5, 0.6) is 5.75 Å². The third-order valence-electron chi connectivity index (χ3n) is 4.20. The number of benzene rings is 1. The Labute approximate surface area is 157 Å². The number of hydrogen-bond acceptors (Lipinski definition) is 5. The second-order valence-corrected chi connectivity index (χ2v) is 6.18. The minimum absolute atomic E-state index is 0.123. The molecule has 2 N–H and O–H groups in total. The lowest BCUT2D eigenvalue weighted by Gasteiger charge is -2.12. The number of carbonyl (C=O) groups is 1. The van der Waals surface area contributed by atoms with Crippen LogP contribution >= 0.6 is 0 Å². The molecule has 1 saturated heterocycles. The number of hydrogen-bond donors (Lipinski definition) is 2. The minimum atomic E-state index is -2.82. The topological polar surface area (TPSA) is 70.2 Å². The lowest BCUT2D eigenvalue weighted by atomic mass is 10.1. The van der Waals surface area contributed by atoms with E-state index in [4.69, 9.17) is 0 Å². The van der Waals surface area contributed by atoms with E-state index in [1.54, 1.807) is 25.2 Å². The van der Waals surface area contributed by atoms with Gasteiger partial charge in [0, 0.05) is 25.1 Å². The van der Waals surface area contributed by atoms with Gasteiger partial charge in [-0.2, -0.15) is 13.9 Å². The second-order valence-electron chi connectivity index (χ2n) is 6.18. The predicted molar refractivity (Wildman–Crippen MR) is 101 cm³/mol. The molecule has 2 aromatic rings. The second kappa shape index (κ2) is 11.3. The number of rotatable bonds is 8. The zero-order valence-corrected chi connectivity index (χ0v) is 15.5. The lowest BCUT2D eigenvalue weighted by Crippen LogP contribution is -2.20. The number of anilines is 1. The molecule has 27 heavy (non-hydrogen) atoms. The number of carbonyl (C=O) groups excluding carboxylic acids is 1. The summed E-state index contributed by atoms with van der Waals surface area (Å²) in [6.45, 7) is 0.802. The summed E-state index contributed by atoms with van der Waals surface area (Å²) < 4.78 is 28.4. The van der Waals surface area contributed by atoms with Gasteiger partial charge in [0.1, 0.15) is 17.9 Å². The summed E-state index contributed by atoms with van der Waals surface area (Å²) in [5.41, 5.74) is 1.46. The normalized spacial score (nSPS) is 13.9. The molecule has 1 aromatic carbocycles. The Hall–Kier alpha value is -2.48. The molecule has 1 aliphatic heterocycles. The van der Waals surface area contributed by atoms with Gasteiger partial charge in [0.25, 0.3) is 0 Å². The summed E-state index contributed by atoms with van der Waals surface area (Å²) in [6, 6.07) is 8.21. The van der Waals surface area contributed by atoms with Crippen molar-refractivity contribution in [2.75, 3.05) is 32.0 Å². The summed E-state index contributed by atoms with van der Waals surface area (Å²) in [5.74, 6) is 0.804. The number of halogens is 2. The molecule has 0 unspecified atom stereocenters. The summed E-state index contributed by atoms with van der Waals surface area (Å²) in [7, 11) is 1.75. The van der Waals surface area contributed by atoms with Gasteiger partial charge in [-0.25, -0.2) is 0 Å². The van der Waals surface area contributed by atoms with Crippen LogP contribution in [0.1, 0.15) is 25.7 Å². The maximum Gasteiger partial charge on any atom is 0.387 e. The Bertz CT molecular complexity index is 688. The SMILES string of the molecule is CNc1cc(-c2cccc(OC(F)F)c2)[nH]n1.O=CCCCN1CCCC1. The van der Waals surface area contributed by atoms with Gasteiger partial charge in [-0.1, -0.05) is 12.1 Å². The summed E-state index contributed by atoms with van der Waals surface area (Å²) >= 11 is 0. The zero-order valence-electron chi connectivity index (χ0n) is 15.5. The lowest BCUT2D eigenvalue weighted by molar-refractivity contribution is -0.108. The maximum atomic E-state index is 12.1. The molecule has 0 radical (unpaired) electrons. The van der Waals surface area contributed by atoms with Crippen molar-refractivity contribution in [1.29, 1.82) is 0 Å². The first-order valence-corrected chi connectivity index (χ1v) is 9.06. The Kier molecular flexibility index (Phi) is 8.70. The molecule has 0 amide bonds. The van der Waals surface area contributed by atoms with E-state index < -0.39 is 6.61 Å². The zero-order chi connectivity index (χ0) is 19.5. The highest BCUT2D eigenvalue weighted by molar-refractivity contribution is 5.64. The van der Waals surface area contributed by atoms with Crippen LogP contribution in [0, 0.1) is 0 Å². The Balaban J connectivity index is 0.000000223. The van der Waals surface area contributed by atoms with Crippen molar-refractivity contribution in [2.24, 2.45) is 0 Å². The number of nitrogens with zero attached hydrogens (tertiary/aromatic N) is 2. The molecule has 0 spiro atoms. The van der Waals surface area contributed by atoms with Gasteiger partial charge in [0.2, 0.25) is 0 Å². The molecule has 1 aromatic heterocycles. The monoisotopic (exact) mass is 380 g/mol. The number of aromatic nitrogens is 2. The van der Waals surface area contributed by atoms with Gasteiger partial charge in [-0.05, 0) is 51.0 Å². The predicted octanol–water partition coefficient (Wildman–Crippen LogP) is 3.78. The standard InChI is InChI=1S/C11H11F2N3O.C8H15NO/c1-14-10-6-9(15-16-10)7-3-2-4-8(5-7)17-11(12)13;10-8-4-3-7-9-5-1-2-6-9/h2-6,11H,1H3,(H2,14,15,16);8H,1-7H2. The summed E-state index contributed by atoms with van der Waals surface area (Å²) in [6.07, 6.45) is 5.48. The van der Waals surface area contributed by atoms with E-state index in [0.29, 0.717) is 5.82 Å². The molecule has 0 saturated carbocycles. The van der Waals surface area contributed by atoms with Gasteiger partial charge in [-0.15, -0.1) is 0 Å². The third-order valence-corrected chi connectivity index (χ3v) is 4.20. The number of nitrogens with one attached hydrogen (secondary N) is 2. The van der Waals surface area contributed by atoms with Crippen molar-refractivity contribution in [3.63, 3.8) is 0 Å². The van der Waals surface area contributed by atoms with Crippen molar-refractivity contribution in [3.8, 4) is 17.0 Å². The smallest absolute Gasteiger partial charge is 0.387 e. The van der Waals surface area contributed by atoms with E-state index in [-0.39, 0.29) is 5.75 Å². The average Bonchev–Trinajstić information content (AvgIpc) is 3.34. The molecule has 1 fully saturated rings. The van der Waals surface area contributed by atoms with E-state index in [2.05, 4.69) is 25.2 Å². The molecule has 148 valence electrons. The quantitative estimate of drug-likeness (QED) is 0.539. The van der Waals surface area contributed by atoms with Crippen LogP contribution in [0.3, 0.4) is 0 Å². The number of H-pyrrole nitrogens is 1. The van der Waals surface area contributed by atoms with Crippen LogP contribution < -0.4 is 10.1 Å². The van der Waals surface area contributed by atoms with Gasteiger partial charge < -0.3 is 19.7 Å². The molecule has 6 nitrogen and oxygen atoms in total. The van der Waals surface area contributed by atoms with E-state index in [9.17, 15) is 13.6 Å². The van der Waals surface area contributed by atoms with Gasteiger partial charge in [0.15, 0.2) is 0 Å². The van der Waals surface area contributed by atoms with Crippen molar-refractivity contribution in [3.05, 3.63) is 30.3 Å². The third kappa shape index (κ3) is 7.34. The number of alkyl halides is 2. The van der Waals surface area contributed by atoms with Crippen molar-refractivity contribution in [1.82, 2.24) is 15.1 Å². The highest BCUT2D eigenvalue weighted by Crippen LogP contribution is 2.24. The van der Waals surface area contributed by atoms with Gasteiger partial charge in [0.05, 0.1) is 5.69 Å². The summed E-state index contributed by atoms with van der Waals surface area (Å²) in [5, 5.41) is 9.64. The fourth-order valence-electron chi connectivity index (χ4n) is 2.84. The number of aldehydes is 1. The molecule has 3 rings (SSSR count).